The molecule has 0 radical (unpaired) electrons. The average Bonchev–Trinajstić information content (AvgIpc) is 2.75. The molecule has 0 aliphatic carbocycles. The maximum Gasteiger partial charge on any atom is 0.224 e. The number of nitrogens with zero attached hydrogens (tertiary/aromatic N) is 1. The van der Waals surface area contributed by atoms with Crippen molar-refractivity contribution in [1.29, 1.82) is 0 Å². The molecule has 0 bridgehead atoms. The highest BCUT2D eigenvalue weighted by Gasteiger charge is 2.34. The summed E-state index contributed by atoms with van der Waals surface area (Å²) in [6.07, 6.45) is 6.75. The second kappa shape index (κ2) is 8.91. The van der Waals surface area contributed by atoms with E-state index in [1.165, 1.54) is 38.8 Å². The minimum atomic E-state index is 0.00571. The van der Waals surface area contributed by atoms with Crippen molar-refractivity contribution in [3.63, 3.8) is 0 Å². The molecule has 4 rings (SSSR count). The summed E-state index contributed by atoms with van der Waals surface area (Å²) in [6.45, 7) is 4.33. The first-order chi connectivity index (χ1) is 14.1. The van der Waals surface area contributed by atoms with Gasteiger partial charge >= 0.3 is 0 Å². The van der Waals surface area contributed by atoms with Crippen LogP contribution in [0.4, 0.5) is 5.69 Å². The molecule has 2 atom stereocenters. The van der Waals surface area contributed by atoms with Crippen LogP contribution in [-0.2, 0) is 4.79 Å². The van der Waals surface area contributed by atoms with Gasteiger partial charge in [-0.15, -0.1) is 0 Å². The second-order valence-corrected chi connectivity index (χ2v) is 8.48. The molecule has 0 saturated carbocycles. The predicted molar refractivity (Wildman–Crippen MR) is 116 cm³/mol. The van der Waals surface area contributed by atoms with Crippen LogP contribution in [0.5, 0.6) is 0 Å². The van der Waals surface area contributed by atoms with Crippen LogP contribution >= 0.6 is 0 Å². The molecule has 0 spiro atoms. The smallest absolute Gasteiger partial charge is 0.224 e. The molecule has 4 heteroatoms. The minimum Gasteiger partial charge on any atom is -0.326 e. The van der Waals surface area contributed by atoms with E-state index in [0.717, 1.165) is 17.7 Å². The number of hydrogen-bond donors (Lipinski definition) is 1. The number of carbonyl (C=O) groups is 2. The molecular weight excluding hydrogens is 360 g/mol. The Kier molecular flexibility index (Phi) is 6.10. The van der Waals surface area contributed by atoms with Crippen LogP contribution in [0.2, 0.25) is 0 Å². The summed E-state index contributed by atoms with van der Waals surface area (Å²) in [5.41, 5.74) is 3.05. The van der Waals surface area contributed by atoms with Crippen LogP contribution in [0.1, 0.15) is 60.0 Å². The second-order valence-electron chi connectivity index (χ2n) is 8.48. The summed E-state index contributed by atoms with van der Waals surface area (Å²) in [7, 11) is 0. The molecule has 2 saturated heterocycles. The minimum absolute atomic E-state index is 0.00571. The van der Waals surface area contributed by atoms with Crippen molar-refractivity contribution in [2.24, 2.45) is 5.92 Å². The number of anilines is 1. The van der Waals surface area contributed by atoms with E-state index in [2.05, 4.69) is 10.2 Å². The average molecular weight is 391 g/mol. The van der Waals surface area contributed by atoms with Gasteiger partial charge in [-0.3, -0.25) is 9.59 Å². The fourth-order valence-electron chi connectivity index (χ4n) is 4.96. The molecule has 2 aliphatic heterocycles. The molecule has 2 aromatic rings. The van der Waals surface area contributed by atoms with Gasteiger partial charge in [0.15, 0.2) is 5.78 Å². The Morgan fingerprint density at radius 2 is 1.76 bits per heavy atom. The number of nitrogens with one attached hydrogen (secondary N) is 1. The third-order valence-corrected chi connectivity index (χ3v) is 6.47. The number of ketones is 1. The summed E-state index contributed by atoms with van der Waals surface area (Å²) in [5.74, 6) is 0.558. The van der Waals surface area contributed by atoms with Crippen molar-refractivity contribution in [3.8, 4) is 0 Å². The van der Waals surface area contributed by atoms with Crippen molar-refractivity contribution in [2.45, 2.75) is 51.5 Å². The predicted octanol–water partition coefficient (Wildman–Crippen LogP) is 4.82. The van der Waals surface area contributed by atoms with Gasteiger partial charge in [-0.25, -0.2) is 0 Å². The number of aryl methyl sites for hydroxylation is 1. The molecule has 2 aromatic carbocycles. The molecule has 29 heavy (non-hydrogen) atoms. The van der Waals surface area contributed by atoms with E-state index >= 15 is 0 Å². The summed E-state index contributed by atoms with van der Waals surface area (Å²) in [6, 6.07) is 15.4. The van der Waals surface area contributed by atoms with Gasteiger partial charge in [0.25, 0.3) is 0 Å². The molecular formula is C25H30N2O2. The Morgan fingerprint density at radius 3 is 2.55 bits per heavy atom. The number of hydrogen-bond acceptors (Lipinski definition) is 3. The lowest BCUT2D eigenvalue weighted by Crippen LogP contribution is -2.48. The Hall–Kier alpha value is -2.46. The maximum absolute atomic E-state index is 12.8. The number of amides is 1. The van der Waals surface area contributed by atoms with Crippen molar-refractivity contribution in [2.75, 3.05) is 18.4 Å². The van der Waals surface area contributed by atoms with Gasteiger partial charge in [0, 0.05) is 29.3 Å². The standard InChI is InChI=1S/C25H30N2O2/c1-18-16-21(25(29)19-8-3-2-4-9-19)12-13-22(18)26-24(28)17-20-10-7-15-27-14-6-5-11-23(20)27/h2-4,8-9,12-13,16,20,23H,5-7,10-11,14-15,17H2,1H3,(H,26,28)/t20?,23-/m1/s1. The summed E-state index contributed by atoms with van der Waals surface area (Å²) < 4.78 is 0. The quantitative estimate of drug-likeness (QED) is 0.745. The molecule has 1 amide bonds. The van der Waals surface area contributed by atoms with Gasteiger partial charge < -0.3 is 10.2 Å². The molecule has 2 fully saturated rings. The van der Waals surface area contributed by atoms with Gasteiger partial charge in [-0.1, -0.05) is 36.8 Å². The van der Waals surface area contributed by atoms with Crippen LogP contribution in [0, 0.1) is 12.8 Å². The lowest BCUT2D eigenvalue weighted by Gasteiger charge is -2.44. The topological polar surface area (TPSA) is 49.4 Å². The summed E-state index contributed by atoms with van der Waals surface area (Å²) in [5, 5.41) is 3.09. The van der Waals surface area contributed by atoms with E-state index in [1.54, 1.807) is 6.07 Å². The van der Waals surface area contributed by atoms with E-state index < -0.39 is 0 Å². The zero-order valence-electron chi connectivity index (χ0n) is 17.2. The molecule has 4 nitrogen and oxygen atoms in total. The van der Waals surface area contributed by atoms with E-state index in [9.17, 15) is 9.59 Å². The van der Waals surface area contributed by atoms with Crippen molar-refractivity contribution >= 4 is 17.4 Å². The van der Waals surface area contributed by atoms with Crippen molar-refractivity contribution < 1.29 is 9.59 Å². The fraction of sp³-hybridized carbons (Fsp3) is 0.440. The summed E-state index contributed by atoms with van der Waals surface area (Å²) >= 11 is 0. The maximum atomic E-state index is 12.8. The normalized spacial score (nSPS) is 22.0. The Labute approximate surface area is 173 Å². The van der Waals surface area contributed by atoms with Crippen LogP contribution < -0.4 is 5.32 Å². The first-order valence-corrected chi connectivity index (χ1v) is 10.9. The number of rotatable bonds is 5. The van der Waals surface area contributed by atoms with Crippen LogP contribution in [0.3, 0.4) is 0 Å². The van der Waals surface area contributed by atoms with Crippen LogP contribution in [0.25, 0.3) is 0 Å². The zero-order chi connectivity index (χ0) is 20.2. The highest BCUT2D eigenvalue weighted by Crippen LogP contribution is 2.33. The lowest BCUT2D eigenvalue weighted by molar-refractivity contribution is -0.118. The Bertz CT molecular complexity index is 876. The Balaban J connectivity index is 1.40. The lowest BCUT2D eigenvalue weighted by atomic mass is 9.81. The SMILES string of the molecule is Cc1cc(C(=O)c2ccccc2)ccc1NC(=O)CC1CCCN2CCCC[C@H]12. The van der Waals surface area contributed by atoms with E-state index in [4.69, 9.17) is 0 Å². The molecule has 2 heterocycles. The molecule has 1 N–H and O–H groups in total. The highest BCUT2D eigenvalue weighted by molar-refractivity contribution is 6.09. The first-order valence-electron chi connectivity index (χ1n) is 10.9. The van der Waals surface area contributed by atoms with E-state index in [-0.39, 0.29) is 11.7 Å². The van der Waals surface area contributed by atoms with Gasteiger partial charge in [0.05, 0.1) is 0 Å². The van der Waals surface area contributed by atoms with Gasteiger partial charge in [-0.2, -0.15) is 0 Å². The van der Waals surface area contributed by atoms with Crippen LogP contribution in [0.15, 0.2) is 48.5 Å². The first kappa shape index (κ1) is 19.8. The van der Waals surface area contributed by atoms with Gasteiger partial charge in [0.2, 0.25) is 5.91 Å². The van der Waals surface area contributed by atoms with Crippen molar-refractivity contribution in [3.05, 3.63) is 65.2 Å². The van der Waals surface area contributed by atoms with Crippen molar-refractivity contribution in [1.82, 2.24) is 4.90 Å². The largest absolute Gasteiger partial charge is 0.326 e. The van der Waals surface area contributed by atoms with E-state index in [0.29, 0.717) is 29.5 Å². The summed E-state index contributed by atoms with van der Waals surface area (Å²) in [4.78, 5) is 28.0. The third kappa shape index (κ3) is 4.59. The highest BCUT2D eigenvalue weighted by atomic mass is 16.1. The third-order valence-electron chi connectivity index (χ3n) is 6.47. The molecule has 2 aliphatic rings. The number of piperidine rings is 2. The van der Waals surface area contributed by atoms with Gasteiger partial charge in [-0.05, 0) is 75.4 Å². The monoisotopic (exact) mass is 390 g/mol. The fourth-order valence-corrected chi connectivity index (χ4v) is 4.96. The molecule has 0 aromatic heterocycles. The molecule has 152 valence electrons. The van der Waals surface area contributed by atoms with E-state index in [1.807, 2.05) is 49.4 Å². The number of carbonyl (C=O) groups excluding carboxylic acids is 2. The Morgan fingerprint density at radius 1 is 0.966 bits per heavy atom. The van der Waals surface area contributed by atoms with Gasteiger partial charge in [0.1, 0.15) is 0 Å². The van der Waals surface area contributed by atoms with Crippen LogP contribution in [-0.4, -0.2) is 35.7 Å². The zero-order valence-corrected chi connectivity index (χ0v) is 17.2. The number of benzene rings is 2. The number of fused-ring (bicyclic) bond motifs is 1. The molecule has 1 unspecified atom stereocenters.